The molecule has 24 heavy (non-hydrogen) atoms. The van der Waals surface area contributed by atoms with Gasteiger partial charge in [0.15, 0.2) is 0 Å². The van der Waals surface area contributed by atoms with E-state index in [9.17, 15) is 9.59 Å². The van der Waals surface area contributed by atoms with Crippen molar-refractivity contribution in [2.75, 3.05) is 20.1 Å². The Kier molecular flexibility index (Phi) is 4.85. The number of hydrogen-bond acceptors (Lipinski definition) is 5. The van der Waals surface area contributed by atoms with Crippen molar-refractivity contribution in [1.29, 1.82) is 0 Å². The minimum Gasteiger partial charge on any atom is -0.459 e. The van der Waals surface area contributed by atoms with Crippen LogP contribution in [0.15, 0.2) is 11.6 Å². The summed E-state index contributed by atoms with van der Waals surface area (Å²) in [6, 6.07) is 0. The van der Waals surface area contributed by atoms with Crippen LogP contribution in [0.4, 0.5) is 0 Å². The first kappa shape index (κ1) is 17.6. The Morgan fingerprint density at radius 2 is 2.21 bits per heavy atom. The van der Waals surface area contributed by atoms with Crippen LogP contribution < -0.4 is 0 Å². The van der Waals surface area contributed by atoms with E-state index >= 15 is 0 Å². The van der Waals surface area contributed by atoms with Crippen LogP contribution in [0.3, 0.4) is 0 Å². The zero-order valence-corrected chi connectivity index (χ0v) is 15.2. The lowest BCUT2D eigenvalue weighted by atomic mass is 9.80. The lowest BCUT2D eigenvalue weighted by molar-refractivity contribution is -0.145. The fourth-order valence-electron chi connectivity index (χ4n) is 4.33. The van der Waals surface area contributed by atoms with Crippen molar-refractivity contribution in [1.82, 2.24) is 4.90 Å². The number of carbonyl (C=O) groups excluding carboxylic acids is 2. The van der Waals surface area contributed by atoms with Crippen molar-refractivity contribution in [3.8, 4) is 0 Å². The number of carbonyl (C=O) groups is 2. The van der Waals surface area contributed by atoms with Crippen LogP contribution in [0.25, 0.3) is 0 Å². The van der Waals surface area contributed by atoms with Crippen molar-refractivity contribution >= 4 is 11.8 Å². The summed E-state index contributed by atoms with van der Waals surface area (Å²) in [6.07, 6.45) is 6.13. The van der Waals surface area contributed by atoms with Gasteiger partial charge in [0.05, 0.1) is 18.1 Å². The molecule has 0 amide bonds. The molecule has 0 aromatic heterocycles. The minimum absolute atomic E-state index is 0.0290. The summed E-state index contributed by atoms with van der Waals surface area (Å²) in [7, 11) is 1.89. The van der Waals surface area contributed by atoms with E-state index in [1.165, 1.54) is 5.57 Å². The largest absolute Gasteiger partial charge is 0.459 e. The van der Waals surface area contributed by atoms with Gasteiger partial charge in [0, 0.05) is 12.5 Å². The third-order valence-corrected chi connectivity index (χ3v) is 5.74. The van der Waals surface area contributed by atoms with Crippen LogP contribution in [0, 0.1) is 11.8 Å². The molecule has 3 aliphatic rings. The maximum absolute atomic E-state index is 12.5. The number of likely N-dealkylation sites (N-methyl/N-ethyl adjacent to an activating group) is 1. The Labute approximate surface area is 144 Å². The molecule has 2 fully saturated rings. The molecule has 5 atom stereocenters. The molecule has 0 saturated carbocycles. The highest BCUT2D eigenvalue weighted by atomic mass is 16.6. The van der Waals surface area contributed by atoms with Crippen LogP contribution in [0.5, 0.6) is 0 Å². The minimum atomic E-state index is -0.167. The topological polar surface area (TPSA) is 59.1 Å². The Morgan fingerprint density at radius 1 is 1.46 bits per heavy atom. The van der Waals surface area contributed by atoms with Gasteiger partial charge in [-0.05, 0) is 53.5 Å². The average Bonchev–Trinajstić information content (AvgIpc) is 3.05. The smallest absolute Gasteiger partial charge is 0.311 e. The second-order valence-electron chi connectivity index (χ2n) is 8.05. The highest BCUT2D eigenvalue weighted by Gasteiger charge is 2.62. The maximum Gasteiger partial charge on any atom is 0.311 e. The molecule has 0 bridgehead atoms. The van der Waals surface area contributed by atoms with Crippen LogP contribution in [0.1, 0.15) is 46.5 Å². The molecule has 2 heterocycles. The molecule has 0 radical (unpaired) electrons. The van der Waals surface area contributed by atoms with Gasteiger partial charge in [-0.15, -0.1) is 0 Å². The summed E-state index contributed by atoms with van der Waals surface area (Å²) in [4.78, 5) is 25.8. The number of hydrogen-bond donors (Lipinski definition) is 0. The van der Waals surface area contributed by atoms with E-state index in [1.807, 2.05) is 11.9 Å². The first-order valence-electron chi connectivity index (χ1n) is 9.02. The standard InChI is InChI=1S/C19H29NO4/c1-12-6-5-9-19(3)17(24-19)16-14(8-7-12)15(18(22)23-16)11-20(4)10-13(2)21/h6,14-17H,5,7-11H2,1-4H3/b12-6+/t14-,15-,16-,17-,19+/m0/s1. The summed E-state index contributed by atoms with van der Waals surface area (Å²) in [6.45, 7) is 6.82. The third-order valence-electron chi connectivity index (χ3n) is 5.74. The van der Waals surface area contributed by atoms with Gasteiger partial charge in [-0.2, -0.15) is 0 Å². The molecular formula is C19H29NO4. The molecule has 2 saturated heterocycles. The zero-order chi connectivity index (χ0) is 17.5. The molecular weight excluding hydrogens is 306 g/mol. The van der Waals surface area contributed by atoms with E-state index in [-0.39, 0.29) is 41.4 Å². The highest BCUT2D eigenvalue weighted by Crippen LogP contribution is 2.50. The van der Waals surface area contributed by atoms with E-state index in [0.717, 1.165) is 25.7 Å². The molecule has 3 rings (SSSR count). The molecule has 0 aromatic rings. The van der Waals surface area contributed by atoms with Gasteiger partial charge >= 0.3 is 5.97 Å². The SMILES string of the molecule is CC(=O)CN(C)C[C@@H]1C(=O)O[C@H]2[C@H]1CC/C(C)=C/CC[C@@]1(C)O[C@@H]21. The van der Waals surface area contributed by atoms with Crippen molar-refractivity contribution in [2.45, 2.75) is 64.3 Å². The fraction of sp³-hybridized carbons (Fsp3) is 0.789. The number of fused-ring (bicyclic) bond motifs is 3. The second kappa shape index (κ2) is 6.60. The summed E-state index contributed by atoms with van der Waals surface area (Å²) in [5.41, 5.74) is 1.23. The monoisotopic (exact) mass is 335 g/mol. The number of Topliss-reactive ketones (excluding diaryl/α,β-unsaturated/α-hetero) is 1. The Morgan fingerprint density at radius 3 is 2.92 bits per heavy atom. The molecule has 134 valence electrons. The first-order valence-corrected chi connectivity index (χ1v) is 9.02. The highest BCUT2D eigenvalue weighted by molar-refractivity contribution is 5.78. The fourth-order valence-corrected chi connectivity index (χ4v) is 4.33. The number of ether oxygens (including phenoxy) is 2. The molecule has 5 heteroatoms. The molecule has 5 nitrogen and oxygen atoms in total. The number of esters is 1. The molecule has 2 aliphatic heterocycles. The van der Waals surface area contributed by atoms with Crippen LogP contribution >= 0.6 is 0 Å². The first-order chi connectivity index (χ1) is 11.3. The second-order valence-corrected chi connectivity index (χ2v) is 8.05. The number of nitrogens with zero attached hydrogens (tertiary/aromatic N) is 1. The van der Waals surface area contributed by atoms with E-state index in [0.29, 0.717) is 13.1 Å². The Hall–Kier alpha value is -1.20. The van der Waals surface area contributed by atoms with Gasteiger partial charge in [0.1, 0.15) is 18.0 Å². The lowest BCUT2D eigenvalue weighted by Gasteiger charge is -2.25. The molecule has 0 N–H and O–H groups in total. The van der Waals surface area contributed by atoms with E-state index < -0.39 is 0 Å². The summed E-state index contributed by atoms with van der Waals surface area (Å²) >= 11 is 0. The van der Waals surface area contributed by atoms with Crippen LogP contribution in [-0.4, -0.2) is 54.6 Å². The van der Waals surface area contributed by atoms with Gasteiger partial charge < -0.3 is 9.47 Å². The maximum atomic E-state index is 12.5. The van der Waals surface area contributed by atoms with Crippen LogP contribution in [-0.2, 0) is 19.1 Å². The van der Waals surface area contributed by atoms with E-state index in [4.69, 9.17) is 9.47 Å². The van der Waals surface area contributed by atoms with Crippen molar-refractivity contribution in [2.24, 2.45) is 11.8 Å². The number of rotatable bonds is 4. The zero-order valence-electron chi connectivity index (χ0n) is 15.2. The number of allylic oxidation sites excluding steroid dienone is 2. The van der Waals surface area contributed by atoms with Gasteiger partial charge in [-0.3, -0.25) is 14.5 Å². The summed E-state index contributed by atoms with van der Waals surface area (Å²) in [5.74, 6) is -0.0115. The van der Waals surface area contributed by atoms with Crippen molar-refractivity contribution < 1.29 is 19.1 Å². The normalized spacial score (nSPS) is 41.0. The number of epoxide rings is 1. The van der Waals surface area contributed by atoms with Gasteiger partial charge in [0.2, 0.25) is 0 Å². The quantitative estimate of drug-likeness (QED) is 0.448. The lowest BCUT2D eigenvalue weighted by Crippen LogP contribution is -2.36. The third kappa shape index (κ3) is 3.57. The molecule has 1 aliphatic carbocycles. The Bertz CT molecular complexity index is 558. The summed E-state index contributed by atoms with van der Waals surface area (Å²) in [5, 5.41) is 0. The molecule has 0 unspecified atom stereocenters. The van der Waals surface area contributed by atoms with Crippen molar-refractivity contribution in [3.63, 3.8) is 0 Å². The predicted molar refractivity (Wildman–Crippen MR) is 90.5 cm³/mol. The van der Waals surface area contributed by atoms with Crippen LogP contribution in [0.2, 0.25) is 0 Å². The van der Waals surface area contributed by atoms with Gasteiger partial charge in [-0.1, -0.05) is 11.6 Å². The molecule has 0 aromatic carbocycles. The van der Waals surface area contributed by atoms with Crippen molar-refractivity contribution in [3.05, 3.63) is 11.6 Å². The average molecular weight is 335 g/mol. The van der Waals surface area contributed by atoms with Gasteiger partial charge in [-0.25, -0.2) is 0 Å². The predicted octanol–water partition coefficient (Wildman–Crippen LogP) is 2.34. The van der Waals surface area contributed by atoms with E-state index in [2.05, 4.69) is 19.9 Å². The number of ketones is 1. The Balaban J connectivity index is 1.77. The van der Waals surface area contributed by atoms with Gasteiger partial charge in [0.25, 0.3) is 0 Å². The molecule has 0 spiro atoms. The summed E-state index contributed by atoms with van der Waals surface area (Å²) < 4.78 is 11.8. The van der Waals surface area contributed by atoms with E-state index in [1.54, 1.807) is 6.92 Å².